The minimum absolute atomic E-state index is 0.0231. The number of hydrogen-bond acceptors (Lipinski definition) is 3. The summed E-state index contributed by atoms with van der Waals surface area (Å²) in [6.45, 7) is 4.36. The molecule has 0 radical (unpaired) electrons. The van der Waals surface area contributed by atoms with Gasteiger partial charge in [0, 0.05) is 13.0 Å². The molecule has 0 aliphatic rings. The van der Waals surface area contributed by atoms with Crippen LogP contribution in [0, 0.1) is 5.92 Å². The summed E-state index contributed by atoms with van der Waals surface area (Å²) in [6, 6.07) is -0.407. The zero-order valence-electron chi connectivity index (χ0n) is 11.6. The summed E-state index contributed by atoms with van der Waals surface area (Å²) in [6.07, 6.45) is 3.58. The van der Waals surface area contributed by atoms with Crippen molar-refractivity contribution < 1.29 is 14.4 Å². The molecule has 0 aliphatic heterocycles. The molecule has 0 bridgehead atoms. The van der Waals surface area contributed by atoms with E-state index in [1.807, 2.05) is 13.8 Å². The van der Waals surface area contributed by atoms with Crippen LogP contribution in [0.3, 0.4) is 0 Å². The van der Waals surface area contributed by atoms with Crippen molar-refractivity contribution in [1.29, 1.82) is 0 Å². The molecule has 0 unspecified atom stereocenters. The van der Waals surface area contributed by atoms with Gasteiger partial charge in [-0.1, -0.05) is 20.3 Å². The van der Waals surface area contributed by atoms with E-state index in [1.165, 1.54) is 0 Å². The summed E-state index contributed by atoms with van der Waals surface area (Å²) >= 11 is 5.33. The Kier molecular flexibility index (Phi) is 10.2. The van der Waals surface area contributed by atoms with Crippen LogP contribution in [0.25, 0.3) is 0 Å². The van der Waals surface area contributed by atoms with Gasteiger partial charge in [0.2, 0.25) is 11.8 Å². The van der Waals surface area contributed by atoms with Crippen LogP contribution in [0.4, 0.5) is 0 Å². The van der Waals surface area contributed by atoms with Crippen LogP contribution in [0.5, 0.6) is 0 Å². The second kappa shape index (κ2) is 10.8. The molecule has 19 heavy (non-hydrogen) atoms. The van der Waals surface area contributed by atoms with Crippen molar-refractivity contribution in [3.05, 3.63) is 0 Å². The van der Waals surface area contributed by atoms with Crippen LogP contribution in [0.2, 0.25) is 0 Å². The number of hydrogen-bond donors (Lipinski definition) is 2. The van der Waals surface area contributed by atoms with E-state index < -0.39 is 6.04 Å². The van der Waals surface area contributed by atoms with Crippen molar-refractivity contribution in [1.82, 2.24) is 10.6 Å². The molecule has 0 saturated carbocycles. The smallest absolute Gasteiger partial charge is 0.234 e. The lowest BCUT2D eigenvalue weighted by Crippen LogP contribution is -2.39. The number of alkyl halides is 1. The number of amides is 2. The van der Waals surface area contributed by atoms with Gasteiger partial charge in [-0.25, -0.2) is 0 Å². The normalized spacial score (nSPS) is 12.0. The Balaban J connectivity index is 3.58. The van der Waals surface area contributed by atoms with Crippen LogP contribution in [0.15, 0.2) is 0 Å². The molecule has 0 aromatic rings. The highest BCUT2D eigenvalue weighted by Crippen LogP contribution is 2.02. The summed E-state index contributed by atoms with van der Waals surface area (Å²) in [4.78, 5) is 33.1. The Labute approximate surface area is 119 Å². The maximum atomic E-state index is 11.5. The lowest BCUT2D eigenvalue weighted by atomic mass is 10.1. The average Bonchev–Trinajstić information content (AvgIpc) is 2.39. The molecule has 0 heterocycles. The van der Waals surface area contributed by atoms with Crippen molar-refractivity contribution in [2.75, 3.05) is 12.4 Å². The number of unbranched alkanes of at least 4 members (excludes halogenated alkanes) is 2. The largest absolute Gasteiger partial charge is 0.355 e. The molecule has 110 valence electrons. The van der Waals surface area contributed by atoms with Crippen LogP contribution in [0.1, 0.15) is 39.5 Å². The summed E-state index contributed by atoms with van der Waals surface area (Å²) in [7, 11) is 0. The van der Waals surface area contributed by atoms with Crippen molar-refractivity contribution in [2.24, 2.45) is 5.92 Å². The maximum Gasteiger partial charge on any atom is 0.234 e. The topological polar surface area (TPSA) is 75.3 Å². The monoisotopic (exact) mass is 290 g/mol. The predicted molar refractivity (Wildman–Crippen MR) is 75.0 cm³/mol. The zero-order chi connectivity index (χ0) is 14.7. The highest BCUT2D eigenvalue weighted by molar-refractivity contribution is 6.27. The third-order valence-electron chi connectivity index (χ3n) is 2.72. The van der Waals surface area contributed by atoms with E-state index in [2.05, 4.69) is 10.6 Å². The van der Waals surface area contributed by atoms with Crippen LogP contribution < -0.4 is 10.6 Å². The minimum atomic E-state index is -0.407. The lowest BCUT2D eigenvalue weighted by Gasteiger charge is -2.15. The molecule has 0 aliphatic carbocycles. The lowest BCUT2D eigenvalue weighted by molar-refractivity contribution is -0.124. The fourth-order valence-corrected chi connectivity index (χ4v) is 1.57. The molecule has 5 nitrogen and oxygen atoms in total. The molecule has 0 aromatic heterocycles. The highest BCUT2D eigenvalue weighted by Gasteiger charge is 2.14. The molecule has 0 rings (SSSR count). The second-order valence-corrected chi connectivity index (χ2v) is 5.03. The average molecular weight is 291 g/mol. The summed E-state index contributed by atoms with van der Waals surface area (Å²) in [5.74, 6) is -0.196. The van der Waals surface area contributed by atoms with Crippen LogP contribution in [-0.2, 0) is 14.4 Å². The van der Waals surface area contributed by atoms with Gasteiger partial charge in [-0.05, 0) is 18.8 Å². The first-order chi connectivity index (χ1) is 9.01. The molecule has 1 atom stereocenters. The van der Waals surface area contributed by atoms with Gasteiger partial charge in [0.15, 0.2) is 0 Å². The van der Waals surface area contributed by atoms with Gasteiger partial charge in [-0.3, -0.25) is 9.59 Å². The van der Waals surface area contributed by atoms with E-state index in [-0.39, 0.29) is 23.6 Å². The van der Waals surface area contributed by atoms with Crippen LogP contribution >= 0.6 is 11.6 Å². The molecule has 2 amide bonds. The highest BCUT2D eigenvalue weighted by atomic mass is 35.5. The Morgan fingerprint density at radius 2 is 1.84 bits per heavy atom. The Hall–Kier alpha value is -1.10. The standard InChI is InChI=1S/C13H23ClN2O3/c1-10(2)11(9-17)16-12(18)6-4-3-5-7-15-13(19)8-14/h9-11H,3-8H2,1-2H3,(H,15,19)(H,16,18)/t11-/m1/s1. The number of carbonyl (C=O) groups is 3. The fraction of sp³-hybridized carbons (Fsp3) is 0.769. The number of nitrogens with one attached hydrogen (secondary N) is 2. The van der Waals surface area contributed by atoms with E-state index in [0.29, 0.717) is 13.0 Å². The summed E-state index contributed by atoms with van der Waals surface area (Å²) < 4.78 is 0. The first kappa shape index (κ1) is 17.9. The Bertz CT molecular complexity index is 296. The van der Waals surface area contributed by atoms with E-state index >= 15 is 0 Å². The van der Waals surface area contributed by atoms with Crippen molar-refractivity contribution >= 4 is 29.7 Å². The fourth-order valence-electron chi connectivity index (χ4n) is 1.48. The SMILES string of the molecule is CC(C)[C@@H](C=O)NC(=O)CCCCCNC(=O)CCl. The molecule has 0 aromatic carbocycles. The molecule has 0 saturated heterocycles. The third-order valence-corrected chi connectivity index (χ3v) is 2.96. The first-order valence-corrected chi connectivity index (χ1v) is 7.12. The van der Waals surface area contributed by atoms with Crippen LogP contribution in [-0.4, -0.2) is 36.6 Å². The summed E-state index contributed by atoms with van der Waals surface area (Å²) in [5.41, 5.74) is 0. The van der Waals surface area contributed by atoms with E-state index in [1.54, 1.807) is 0 Å². The zero-order valence-corrected chi connectivity index (χ0v) is 12.3. The second-order valence-electron chi connectivity index (χ2n) is 4.77. The molecule has 0 spiro atoms. The van der Waals surface area contributed by atoms with Gasteiger partial charge in [-0.2, -0.15) is 0 Å². The number of halogens is 1. The van der Waals surface area contributed by atoms with Gasteiger partial charge in [0.1, 0.15) is 12.2 Å². The molecular formula is C13H23ClN2O3. The van der Waals surface area contributed by atoms with E-state index in [9.17, 15) is 14.4 Å². The molecule has 0 fully saturated rings. The van der Waals surface area contributed by atoms with E-state index in [0.717, 1.165) is 25.5 Å². The van der Waals surface area contributed by atoms with Crippen molar-refractivity contribution in [3.8, 4) is 0 Å². The van der Waals surface area contributed by atoms with E-state index in [4.69, 9.17) is 11.6 Å². The Morgan fingerprint density at radius 1 is 1.16 bits per heavy atom. The van der Waals surface area contributed by atoms with Gasteiger partial charge in [0.25, 0.3) is 0 Å². The van der Waals surface area contributed by atoms with Crippen molar-refractivity contribution in [2.45, 2.75) is 45.6 Å². The predicted octanol–water partition coefficient (Wildman–Crippen LogP) is 1.24. The number of carbonyl (C=O) groups excluding carboxylic acids is 3. The Morgan fingerprint density at radius 3 is 2.37 bits per heavy atom. The molecule has 2 N–H and O–H groups in total. The maximum absolute atomic E-state index is 11.5. The van der Waals surface area contributed by atoms with Gasteiger partial charge >= 0.3 is 0 Å². The van der Waals surface area contributed by atoms with Crippen molar-refractivity contribution in [3.63, 3.8) is 0 Å². The third kappa shape index (κ3) is 9.47. The first-order valence-electron chi connectivity index (χ1n) is 6.58. The number of rotatable bonds is 10. The summed E-state index contributed by atoms with van der Waals surface area (Å²) in [5, 5.41) is 5.35. The quantitative estimate of drug-likeness (QED) is 0.361. The van der Waals surface area contributed by atoms with Gasteiger partial charge < -0.3 is 15.4 Å². The van der Waals surface area contributed by atoms with Gasteiger partial charge in [-0.15, -0.1) is 11.6 Å². The molecule has 6 heteroatoms. The number of aldehydes is 1. The van der Waals surface area contributed by atoms with Gasteiger partial charge in [0.05, 0.1) is 6.04 Å². The minimum Gasteiger partial charge on any atom is -0.355 e. The molecular weight excluding hydrogens is 268 g/mol.